The minimum absolute atomic E-state index is 0.818. The quantitative estimate of drug-likeness (QED) is 0.787. The maximum Gasteiger partial charge on any atom is 0.119 e. The van der Waals surface area contributed by atoms with Gasteiger partial charge in [0.15, 0.2) is 0 Å². The summed E-state index contributed by atoms with van der Waals surface area (Å²) >= 11 is 3.66. The van der Waals surface area contributed by atoms with Crippen molar-refractivity contribution in [2.24, 2.45) is 11.8 Å². The van der Waals surface area contributed by atoms with Gasteiger partial charge in [-0.15, -0.1) is 0 Å². The van der Waals surface area contributed by atoms with Crippen molar-refractivity contribution in [2.75, 3.05) is 20.2 Å². The number of likely N-dealkylation sites (tertiary alicyclic amines) is 1. The first-order valence-corrected chi connectivity index (χ1v) is 8.44. The summed E-state index contributed by atoms with van der Waals surface area (Å²) in [6, 6.07) is 6.24. The summed E-state index contributed by atoms with van der Waals surface area (Å²) in [5.74, 6) is 2.66. The van der Waals surface area contributed by atoms with Gasteiger partial charge >= 0.3 is 0 Å². The molecule has 1 fully saturated rings. The van der Waals surface area contributed by atoms with Crippen LogP contribution >= 0.6 is 15.9 Å². The summed E-state index contributed by atoms with van der Waals surface area (Å²) in [7, 11) is 1.73. The Balaban J connectivity index is 1.99. The number of methoxy groups -OCH3 is 1. The van der Waals surface area contributed by atoms with E-state index in [0.29, 0.717) is 0 Å². The molecule has 1 atom stereocenters. The highest BCUT2D eigenvalue weighted by Gasteiger charge is 2.20. The van der Waals surface area contributed by atoms with Crippen molar-refractivity contribution in [3.05, 3.63) is 28.2 Å². The molecule has 0 aliphatic carbocycles. The van der Waals surface area contributed by atoms with Crippen LogP contribution in [0.1, 0.15) is 38.7 Å². The Morgan fingerprint density at radius 3 is 2.80 bits per heavy atom. The second-order valence-corrected chi connectivity index (χ2v) is 7.02. The van der Waals surface area contributed by atoms with E-state index in [0.717, 1.165) is 24.1 Å². The molecule has 1 aliphatic rings. The summed E-state index contributed by atoms with van der Waals surface area (Å²) in [6.45, 7) is 8.17. The molecule has 2 rings (SSSR count). The molecule has 0 saturated carbocycles. The summed E-state index contributed by atoms with van der Waals surface area (Å²) in [6.07, 6.45) is 4.04. The van der Waals surface area contributed by atoms with Gasteiger partial charge in [0.25, 0.3) is 0 Å². The van der Waals surface area contributed by atoms with E-state index in [9.17, 15) is 0 Å². The van der Waals surface area contributed by atoms with Gasteiger partial charge in [-0.3, -0.25) is 4.90 Å². The number of hydrogen-bond donors (Lipinski definition) is 0. The van der Waals surface area contributed by atoms with E-state index in [4.69, 9.17) is 4.74 Å². The van der Waals surface area contributed by atoms with Crippen LogP contribution in [0.4, 0.5) is 0 Å². The Morgan fingerprint density at radius 1 is 1.30 bits per heavy atom. The summed E-state index contributed by atoms with van der Waals surface area (Å²) in [4.78, 5) is 2.59. The van der Waals surface area contributed by atoms with Crippen LogP contribution in [0.5, 0.6) is 5.75 Å². The topological polar surface area (TPSA) is 12.5 Å². The van der Waals surface area contributed by atoms with Gasteiger partial charge in [-0.2, -0.15) is 0 Å². The largest absolute Gasteiger partial charge is 0.497 e. The Morgan fingerprint density at radius 2 is 2.10 bits per heavy atom. The van der Waals surface area contributed by atoms with Gasteiger partial charge < -0.3 is 4.74 Å². The number of rotatable bonds is 4. The Hall–Kier alpha value is -0.540. The maximum atomic E-state index is 5.33. The fraction of sp³-hybridized carbons (Fsp3) is 0.647. The SMILES string of the molecule is COc1ccc(Br)c(CN2CCCC(C(C)C)CC2)c1. The van der Waals surface area contributed by atoms with E-state index in [2.05, 4.69) is 46.8 Å². The number of ether oxygens (including phenoxy) is 1. The van der Waals surface area contributed by atoms with Gasteiger partial charge in [0.05, 0.1) is 7.11 Å². The van der Waals surface area contributed by atoms with Gasteiger partial charge in [0.1, 0.15) is 5.75 Å². The smallest absolute Gasteiger partial charge is 0.119 e. The molecule has 1 aliphatic heterocycles. The van der Waals surface area contributed by atoms with Crippen LogP contribution in [0, 0.1) is 11.8 Å². The highest BCUT2D eigenvalue weighted by Crippen LogP contribution is 2.28. The molecule has 0 bridgehead atoms. The second-order valence-electron chi connectivity index (χ2n) is 6.17. The van der Waals surface area contributed by atoms with Crippen LogP contribution in [-0.2, 0) is 6.54 Å². The zero-order valence-corrected chi connectivity index (χ0v) is 14.4. The first-order valence-electron chi connectivity index (χ1n) is 7.65. The first kappa shape index (κ1) is 15.8. The lowest BCUT2D eigenvalue weighted by Gasteiger charge is -2.22. The molecule has 0 amide bonds. The van der Waals surface area contributed by atoms with Gasteiger partial charge in [0.2, 0.25) is 0 Å². The minimum atomic E-state index is 0.818. The van der Waals surface area contributed by atoms with Crippen molar-refractivity contribution in [1.29, 1.82) is 0 Å². The second kappa shape index (κ2) is 7.46. The zero-order chi connectivity index (χ0) is 14.5. The van der Waals surface area contributed by atoms with E-state index in [-0.39, 0.29) is 0 Å². The molecular weight excluding hydrogens is 314 g/mol. The molecule has 112 valence electrons. The normalized spacial score (nSPS) is 20.9. The van der Waals surface area contributed by atoms with E-state index < -0.39 is 0 Å². The molecule has 1 heterocycles. The Kier molecular flexibility index (Phi) is 5.91. The predicted molar refractivity (Wildman–Crippen MR) is 88.2 cm³/mol. The van der Waals surface area contributed by atoms with Gasteiger partial charge in [-0.25, -0.2) is 0 Å². The van der Waals surface area contributed by atoms with E-state index >= 15 is 0 Å². The van der Waals surface area contributed by atoms with Gasteiger partial charge in [-0.1, -0.05) is 29.8 Å². The molecule has 20 heavy (non-hydrogen) atoms. The van der Waals surface area contributed by atoms with E-state index in [1.54, 1.807) is 7.11 Å². The molecule has 1 aromatic carbocycles. The third-order valence-corrected chi connectivity index (χ3v) is 5.23. The lowest BCUT2D eigenvalue weighted by molar-refractivity contribution is 0.264. The van der Waals surface area contributed by atoms with Crippen molar-refractivity contribution in [1.82, 2.24) is 4.90 Å². The van der Waals surface area contributed by atoms with Gasteiger partial charge in [0, 0.05) is 11.0 Å². The molecule has 0 spiro atoms. The summed E-state index contributed by atoms with van der Waals surface area (Å²) in [5.41, 5.74) is 1.33. The predicted octanol–water partition coefficient (Wildman–Crippen LogP) is 4.72. The van der Waals surface area contributed by atoms with Crippen LogP contribution < -0.4 is 4.74 Å². The zero-order valence-electron chi connectivity index (χ0n) is 12.9. The van der Waals surface area contributed by atoms with Crippen LogP contribution in [0.25, 0.3) is 0 Å². The van der Waals surface area contributed by atoms with Crippen LogP contribution in [0.15, 0.2) is 22.7 Å². The number of nitrogens with zero attached hydrogens (tertiary/aromatic N) is 1. The van der Waals surface area contributed by atoms with E-state index in [1.807, 2.05) is 6.07 Å². The number of halogens is 1. The van der Waals surface area contributed by atoms with Crippen molar-refractivity contribution < 1.29 is 4.74 Å². The standard InChI is InChI=1S/C17H26BrNO/c1-13(2)14-5-4-9-19(10-8-14)12-15-11-16(20-3)6-7-17(15)18/h6-7,11,13-14H,4-5,8-10,12H2,1-3H3. The lowest BCUT2D eigenvalue weighted by Crippen LogP contribution is -2.24. The lowest BCUT2D eigenvalue weighted by atomic mass is 9.89. The summed E-state index contributed by atoms with van der Waals surface area (Å²) < 4.78 is 6.52. The molecule has 2 nitrogen and oxygen atoms in total. The monoisotopic (exact) mass is 339 g/mol. The third-order valence-electron chi connectivity index (χ3n) is 4.46. The Labute approximate surface area is 131 Å². The fourth-order valence-corrected chi connectivity index (χ4v) is 3.42. The highest BCUT2D eigenvalue weighted by molar-refractivity contribution is 9.10. The van der Waals surface area contributed by atoms with E-state index in [1.165, 1.54) is 42.4 Å². The molecule has 3 heteroatoms. The summed E-state index contributed by atoms with van der Waals surface area (Å²) in [5, 5.41) is 0. The van der Waals surface area contributed by atoms with Crippen molar-refractivity contribution >= 4 is 15.9 Å². The molecule has 0 aromatic heterocycles. The van der Waals surface area contributed by atoms with Crippen LogP contribution in [0.3, 0.4) is 0 Å². The van der Waals surface area contributed by atoms with Crippen molar-refractivity contribution in [2.45, 2.75) is 39.7 Å². The molecule has 0 N–H and O–H groups in total. The third kappa shape index (κ3) is 4.23. The molecule has 1 aromatic rings. The van der Waals surface area contributed by atoms with Crippen LogP contribution in [-0.4, -0.2) is 25.1 Å². The van der Waals surface area contributed by atoms with Crippen LogP contribution in [0.2, 0.25) is 0 Å². The molecule has 1 unspecified atom stereocenters. The van der Waals surface area contributed by atoms with Crippen molar-refractivity contribution in [3.63, 3.8) is 0 Å². The number of benzene rings is 1. The van der Waals surface area contributed by atoms with Crippen molar-refractivity contribution in [3.8, 4) is 5.75 Å². The fourth-order valence-electron chi connectivity index (χ4n) is 3.05. The maximum absolute atomic E-state index is 5.33. The average Bonchev–Trinajstić information content (AvgIpc) is 2.67. The molecule has 1 saturated heterocycles. The molecular formula is C17H26BrNO. The average molecular weight is 340 g/mol. The molecule has 0 radical (unpaired) electrons. The van der Waals surface area contributed by atoms with Gasteiger partial charge in [-0.05, 0) is 68.0 Å². The Bertz CT molecular complexity index is 433. The number of hydrogen-bond acceptors (Lipinski definition) is 2. The first-order chi connectivity index (χ1) is 9.60. The minimum Gasteiger partial charge on any atom is -0.497 e. The highest BCUT2D eigenvalue weighted by atomic mass is 79.9.